The van der Waals surface area contributed by atoms with Crippen molar-refractivity contribution >= 4 is 9.84 Å². The molecule has 2 rings (SSSR count). The lowest BCUT2D eigenvalue weighted by atomic mass is 10.3. The fourth-order valence-electron chi connectivity index (χ4n) is 1.65. The first-order valence-corrected chi connectivity index (χ1v) is 6.90. The summed E-state index contributed by atoms with van der Waals surface area (Å²) in [6, 6.07) is 0.193. The Morgan fingerprint density at radius 1 is 0.565 bits per heavy atom. The Kier molecular flexibility index (Phi) is 4.09. The van der Waals surface area contributed by atoms with E-state index in [4.69, 9.17) is 0 Å². The van der Waals surface area contributed by atoms with Crippen LogP contribution in [0.2, 0.25) is 0 Å². The smallest absolute Gasteiger partial charge is 0.215 e. The van der Waals surface area contributed by atoms with Crippen LogP contribution in [-0.4, -0.2) is 8.42 Å². The van der Waals surface area contributed by atoms with Gasteiger partial charge in [-0.05, 0) is 12.1 Å². The Morgan fingerprint density at radius 2 is 1.00 bits per heavy atom. The molecule has 0 aliphatic carbocycles. The Balaban J connectivity index is 2.90. The van der Waals surface area contributed by atoms with Gasteiger partial charge in [-0.1, -0.05) is 0 Å². The quantitative estimate of drug-likeness (QED) is 0.354. The van der Waals surface area contributed by atoms with Crippen LogP contribution in [0.5, 0.6) is 0 Å². The molecule has 0 aromatic heterocycles. The molecule has 0 aliphatic heterocycles. The van der Waals surface area contributed by atoms with Crippen LogP contribution in [0.3, 0.4) is 0 Å². The van der Waals surface area contributed by atoms with Crippen molar-refractivity contribution in [1.29, 1.82) is 0 Å². The molecule has 0 saturated heterocycles. The van der Waals surface area contributed by atoms with E-state index >= 15 is 0 Å². The van der Waals surface area contributed by atoms with E-state index in [-0.39, 0.29) is 12.1 Å². The first-order chi connectivity index (χ1) is 10.5. The van der Waals surface area contributed by atoms with Crippen LogP contribution in [0.4, 0.5) is 35.1 Å². The zero-order valence-corrected chi connectivity index (χ0v) is 11.2. The number of sulfone groups is 1. The first kappa shape index (κ1) is 17.2. The summed E-state index contributed by atoms with van der Waals surface area (Å²) >= 11 is 0. The predicted molar refractivity (Wildman–Crippen MR) is 58.0 cm³/mol. The van der Waals surface area contributed by atoms with Crippen LogP contribution in [0.25, 0.3) is 0 Å². The second kappa shape index (κ2) is 5.48. The summed E-state index contributed by atoms with van der Waals surface area (Å²) in [4.78, 5) is -4.17. The van der Waals surface area contributed by atoms with Gasteiger partial charge in [-0.15, -0.1) is 0 Å². The Hall–Kier alpha value is -2.17. The molecular weight excluding hydrogens is 360 g/mol. The normalized spacial score (nSPS) is 11.8. The van der Waals surface area contributed by atoms with Gasteiger partial charge in [0.25, 0.3) is 0 Å². The van der Waals surface area contributed by atoms with Gasteiger partial charge in [0.2, 0.25) is 15.7 Å². The van der Waals surface area contributed by atoms with Gasteiger partial charge in [-0.3, -0.25) is 0 Å². The lowest BCUT2D eigenvalue weighted by molar-refractivity contribution is 0.357. The molecule has 0 fully saturated rings. The van der Waals surface area contributed by atoms with Gasteiger partial charge in [-0.25, -0.2) is 43.5 Å². The molecule has 0 heterocycles. The molecule has 0 amide bonds. The summed E-state index contributed by atoms with van der Waals surface area (Å²) in [6.07, 6.45) is 0. The first-order valence-electron chi connectivity index (χ1n) is 5.41. The fraction of sp³-hybridized carbons (Fsp3) is 0. The van der Waals surface area contributed by atoms with E-state index in [9.17, 15) is 43.5 Å². The molecule has 0 saturated carbocycles. The second-order valence-electron chi connectivity index (χ2n) is 4.08. The lowest BCUT2D eigenvalue weighted by Gasteiger charge is -2.10. The average Bonchev–Trinajstić information content (AvgIpc) is 2.48. The third kappa shape index (κ3) is 2.44. The third-order valence-corrected chi connectivity index (χ3v) is 4.52. The second-order valence-corrected chi connectivity index (χ2v) is 5.93. The van der Waals surface area contributed by atoms with Gasteiger partial charge in [0, 0.05) is 0 Å². The zero-order valence-electron chi connectivity index (χ0n) is 10.4. The van der Waals surface area contributed by atoms with E-state index in [1.165, 1.54) is 0 Å². The van der Waals surface area contributed by atoms with Crippen LogP contribution < -0.4 is 0 Å². The Bertz CT molecular complexity index is 894. The monoisotopic (exact) mass is 362 g/mol. The molecule has 0 spiro atoms. The standard InChI is InChI=1S/C12H2F8O2S/c13-3-1-2-4(6(15)5(3)14)23(21,22)12-10(19)8(17)7(16)9(18)11(12)20/h1-2H. The number of benzene rings is 2. The maximum Gasteiger partial charge on any atom is 0.215 e. The average molecular weight is 362 g/mol. The highest BCUT2D eigenvalue weighted by Crippen LogP contribution is 2.32. The van der Waals surface area contributed by atoms with Gasteiger partial charge in [0.15, 0.2) is 40.7 Å². The van der Waals surface area contributed by atoms with Crippen LogP contribution in [0.15, 0.2) is 21.9 Å². The van der Waals surface area contributed by atoms with E-state index in [0.717, 1.165) is 0 Å². The molecule has 0 unspecified atom stereocenters. The van der Waals surface area contributed by atoms with Crippen LogP contribution in [0.1, 0.15) is 0 Å². The highest BCUT2D eigenvalue weighted by molar-refractivity contribution is 7.91. The van der Waals surface area contributed by atoms with Crippen molar-refractivity contribution in [2.75, 3.05) is 0 Å². The number of halogens is 8. The summed E-state index contributed by atoms with van der Waals surface area (Å²) in [5.41, 5.74) is 0. The number of hydrogen-bond acceptors (Lipinski definition) is 2. The maximum absolute atomic E-state index is 13.5. The molecule has 124 valence electrons. The number of hydrogen-bond donors (Lipinski definition) is 0. The number of rotatable bonds is 2. The van der Waals surface area contributed by atoms with Crippen molar-refractivity contribution in [2.45, 2.75) is 9.79 Å². The molecule has 2 nitrogen and oxygen atoms in total. The Labute approximate surface area is 122 Å². The van der Waals surface area contributed by atoms with Crippen molar-refractivity contribution < 1.29 is 43.5 Å². The minimum Gasteiger partial charge on any atom is -0.218 e. The molecule has 0 aliphatic rings. The van der Waals surface area contributed by atoms with Crippen LogP contribution in [-0.2, 0) is 9.84 Å². The minimum absolute atomic E-state index is 0.0845. The van der Waals surface area contributed by atoms with Crippen molar-refractivity contribution in [2.24, 2.45) is 0 Å². The van der Waals surface area contributed by atoms with E-state index in [1.807, 2.05) is 0 Å². The van der Waals surface area contributed by atoms with Gasteiger partial charge in [0.05, 0.1) is 0 Å². The van der Waals surface area contributed by atoms with E-state index in [1.54, 1.807) is 0 Å². The van der Waals surface area contributed by atoms with Gasteiger partial charge in [-0.2, -0.15) is 0 Å². The summed E-state index contributed by atoms with van der Waals surface area (Å²) in [6.45, 7) is 0. The maximum atomic E-state index is 13.5. The van der Waals surface area contributed by atoms with Crippen molar-refractivity contribution in [3.63, 3.8) is 0 Å². The largest absolute Gasteiger partial charge is 0.218 e. The summed E-state index contributed by atoms with van der Waals surface area (Å²) in [5, 5.41) is 0. The van der Waals surface area contributed by atoms with Crippen LogP contribution >= 0.6 is 0 Å². The molecule has 2 aromatic rings. The fourth-order valence-corrected chi connectivity index (χ4v) is 3.09. The highest BCUT2D eigenvalue weighted by Gasteiger charge is 2.36. The Morgan fingerprint density at radius 3 is 1.48 bits per heavy atom. The zero-order chi connectivity index (χ0) is 17.7. The summed E-state index contributed by atoms with van der Waals surface area (Å²) in [5.74, 6) is -19.8. The topological polar surface area (TPSA) is 34.1 Å². The SMILES string of the molecule is O=S(=O)(c1ccc(F)c(F)c1F)c1c(F)c(F)c(F)c(F)c1F. The molecular formula is C12H2F8O2S. The minimum atomic E-state index is -5.71. The predicted octanol–water partition coefficient (Wildman–Crippen LogP) is 3.63. The molecule has 0 radical (unpaired) electrons. The van der Waals surface area contributed by atoms with E-state index in [0.29, 0.717) is 0 Å². The van der Waals surface area contributed by atoms with Crippen molar-refractivity contribution in [3.05, 3.63) is 58.7 Å². The lowest BCUT2D eigenvalue weighted by Crippen LogP contribution is -2.15. The van der Waals surface area contributed by atoms with Gasteiger partial charge in [0.1, 0.15) is 9.79 Å². The van der Waals surface area contributed by atoms with Crippen LogP contribution in [0, 0.1) is 46.5 Å². The summed E-state index contributed by atoms with van der Waals surface area (Å²) < 4.78 is 129. The van der Waals surface area contributed by atoms with Crippen molar-refractivity contribution in [1.82, 2.24) is 0 Å². The van der Waals surface area contributed by atoms with E-state index < -0.39 is 66.2 Å². The van der Waals surface area contributed by atoms with E-state index in [2.05, 4.69) is 0 Å². The van der Waals surface area contributed by atoms with Crippen molar-refractivity contribution in [3.8, 4) is 0 Å². The summed E-state index contributed by atoms with van der Waals surface area (Å²) in [7, 11) is -5.71. The molecule has 0 atom stereocenters. The van der Waals surface area contributed by atoms with Gasteiger partial charge >= 0.3 is 0 Å². The highest BCUT2D eigenvalue weighted by atomic mass is 32.2. The molecule has 2 aromatic carbocycles. The third-order valence-electron chi connectivity index (χ3n) is 2.73. The van der Waals surface area contributed by atoms with Gasteiger partial charge < -0.3 is 0 Å². The molecule has 11 heteroatoms. The molecule has 23 heavy (non-hydrogen) atoms. The molecule has 0 bridgehead atoms. The molecule has 0 N–H and O–H groups in total.